The lowest BCUT2D eigenvalue weighted by molar-refractivity contribution is -0.350. The quantitative estimate of drug-likeness (QED) is 0.477. The molecule has 0 saturated heterocycles. The highest BCUT2D eigenvalue weighted by Crippen LogP contribution is 2.50. The number of ether oxygens (including phenoxy) is 1. The molecule has 23 heavy (non-hydrogen) atoms. The van der Waals surface area contributed by atoms with Crippen LogP contribution in [0.1, 0.15) is 18.9 Å². The van der Waals surface area contributed by atoms with Gasteiger partial charge in [-0.25, -0.2) is 0 Å². The molecule has 8 heteroatoms. The van der Waals surface area contributed by atoms with Gasteiger partial charge in [-0.3, -0.25) is 0 Å². The van der Waals surface area contributed by atoms with Gasteiger partial charge in [-0.05, 0) is 31.4 Å². The van der Waals surface area contributed by atoms with E-state index in [-0.39, 0.29) is 12.8 Å². The molecule has 0 spiro atoms. The highest BCUT2D eigenvalue weighted by molar-refractivity contribution is 5.17. The molecular weight excluding hydrogens is 329 g/mol. The van der Waals surface area contributed by atoms with E-state index in [0.29, 0.717) is 6.08 Å². The molecule has 1 aromatic carbocycles. The van der Waals surface area contributed by atoms with Crippen LogP contribution in [0.4, 0.5) is 30.7 Å². The molecule has 0 aliphatic heterocycles. The van der Waals surface area contributed by atoms with Crippen LogP contribution < -0.4 is 0 Å². The minimum Gasteiger partial charge on any atom is -0.492 e. The zero-order valence-electron chi connectivity index (χ0n) is 12.1. The van der Waals surface area contributed by atoms with Crippen LogP contribution in [-0.4, -0.2) is 24.6 Å². The maximum atomic E-state index is 13.6. The summed E-state index contributed by atoms with van der Waals surface area (Å²) < 4.78 is 94.3. The highest BCUT2D eigenvalue weighted by atomic mass is 19.4. The van der Waals surface area contributed by atoms with Crippen LogP contribution in [0.25, 0.3) is 0 Å². The van der Waals surface area contributed by atoms with Crippen LogP contribution in [0.2, 0.25) is 0 Å². The number of hydrogen-bond acceptors (Lipinski definition) is 1. The third-order valence-electron chi connectivity index (χ3n) is 2.97. The minimum atomic E-state index is -6.38. The van der Waals surface area contributed by atoms with Crippen LogP contribution in [0.5, 0.6) is 0 Å². The van der Waals surface area contributed by atoms with Gasteiger partial charge in [0.05, 0.1) is 6.61 Å². The number of alkyl halides is 7. The molecule has 130 valence electrons. The molecule has 0 radical (unpaired) electrons. The lowest BCUT2D eigenvalue weighted by atomic mass is 10.1. The predicted molar refractivity (Wildman–Crippen MR) is 70.4 cm³/mol. The molecule has 1 nitrogen and oxygen atoms in total. The average Bonchev–Trinajstić information content (AvgIpc) is 2.46. The van der Waals surface area contributed by atoms with Gasteiger partial charge in [0.25, 0.3) is 0 Å². The van der Waals surface area contributed by atoms with Crippen molar-refractivity contribution in [1.29, 1.82) is 0 Å². The van der Waals surface area contributed by atoms with E-state index in [9.17, 15) is 30.7 Å². The second-order valence-corrected chi connectivity index (χ2v) is 4.67. The topological polar surface area (TPSA) is 9.23 Å². The third-order valence-corrected chi connectivity index (χ3v) is 2.97. The van der Waals surface area contributed by atoms with E-state index in [2.05, 4.69) is 4.74 Å². The van der Waals surface area contributed by atoms with Crippen LogP contribution in [0.3, 0.4) is 0 Å². The van der Waals surface area contributed by atoms with E-state index in [1.807, 2.05) is 0 Å². The van der Waals surface area contributed by atoms with Gasteiger partial charge in [-0.1, -0.05) is 30.3 Å². The number of hydrogen-bond donors (Lipinski definition) is 0. The summed E-state index contributed by atoms with van der Waals surface area (Å²) in [7, 11) is 0. The summed E-state index contributed by atoms with van der Waals surface area (Å²) in [4.78, 5) is 0. The van der Waals surface area contributed by atoms with Crippen molar-refractivity contribution in [1.82, 2.24) is 0 Å². The SMILES string of the molecule is CCO/C(=C\CCc1ccccc1)C(F)(F)C(F)(F)C(F)(F)F. The monoisotopic (exact) mass is 344 g/mol. The van der Waals surface area contributed by atoms with Crippen molar-refractivity contribution < 1.29 is 35.5 Å². The molecule has 0 aromatic heterocycles. The van der Waals surface area contributed by atoms with Crippen molar-refractivity contribution in [3.63, 3.8) is 0 Å². The Morgan fingerprint density at radius 1 is 1.00 bits per heavy atom. The summed E-state index contributed by atoms with van der Waals surface area (Å²) >= 11 is 0. The Morgan fingerprint density at radius 3 is 2.04 bits per heavy atom. The first kappa shape index (κ1) is 19.3. The molecule has 1 aromatic rings. The predicted octanol–water partition coefficient (Wildman–Crippen LogP) is 5.37. The number of allylic oxidation sites excluding steroid dienone is 2. The van der Waals surface area contributed by atoms with Crippen LogP contribution in [-0.2, 0) is 11.2 Å². The van der Waals surface area contributed by atoms with Gasteiger partial charge in [0.1, 0.15) is 0 Å². The van der Waals surface area contributed by atoms with Gasteiger partial charge in [-0.15, -0.1) is 0 Å². The number of rotatable bonds is 7. The van der Waals surface area contributed by atoms with Crippen molar-refractivity contribution in [2.75, 3.05) is 6.61 Å². The fourth-order valence-electron chi connectivity index (χ4n) is 1.78. The van der Waals surface area contributed by atoms with Crippen LogP contribution in [0, 0.1) is 0 Å². The number of benzene rings is 1. The Hall–Kier alpha value is -1.73. The molecule has 0 bridgehead atoms. The summed E-state index contributed by atoms with van der Waals surface area (Å²) in [6, 6.07) is 8.46. The fourth-order valence-corrected chi connectivity index (χ4v) is 1.78. The summed E-state index contributed by atoms with van der Waals surface area (Å²) in [6.45, 7) is 0.757. The molecule has 0 fully saturated rings. The molecule has 0 unspecified atom stereocenters. The molecule has 1 rings (SSSR count). The van der Waals surface area contributed by atoms with Gasteiger partial charge < -0.3 is 4.74 Å². The normalized spacial score (nSPS) is 14.0. The lowest BCUT2D eigenvalue weighted by Crippen LogP contribution is -2.53. The average molecular weight is 344 g/mol. The van der Waals surface area contributed by atoms with Crippen molar-refractivity contribution in [3.8, 4) is 0 Å². The van der Waals surface area contributed by atoms with E-state index in [1.54, 1.807) is 30.3 Å². The zero-order chi connectivity index (χ0) is 17.7. The second-order valence-electron chi connectivity index (χ2n) is 4.67. The van der Waals surface area contributed by atoms with Gasteiger partial charge in [0.2, 0.25) is 0 Å². The first-order chi connectivity index (χ1) is 10.5. The summed E-state index contributed by atoms with van der Waals surface area (Å²) in [5.41, 5.74) is 0.727. The van der Waals surface area contributed by atoms with Crippen molar-refractivity contribution in [3.05, 3.63) is 47.7 Å². The maximum absolute atomic E-state index is 13.6. The van der Waals surface area contributed by atoms with Gasteiger partial charge in [0.15, 0.2) is 5.76 Å². The Kier molecular flexibility index (Phi) is 6.07. The molecule has 0 amide bonds. The van der Waals surface area contributed by atoms with Crippen molar-refractivity contribution in [2.24, 2.45) is 0 Å². The Morgan fingerprint density at radius 2 is 1.57 bits per heavy atom. The number of aryl methyl sites for hydroxylation is 1. The van der Waals surface area contributed by atoms with E-state index in [4.69, 9.17) is 0 Å². The first-order valence-corrected chi connectivity index (χ1v) is 6.73. The molecular formula is C15H15F7O. The second kappa shape index (κ2) is 7.23. The van der Waals surface area contributed by atoms with Crippen molar-refractivity contribution >= 4 is 0 Å². The molecule has 0 heterocycles. The molecule has 0 saturated carbocycles. The van der Waals surface area contributed by atoms with Gasteiger partial charge >= 0.3 is 18.0 Å². The van der Waals surface area contributed by atoms with Crippen molar-refractivity contribution in [2.45, 2.75) is 37.8 Å². The summed E-state index contributed by atoms with van der Waals surface area (Å²) in [5, 5.41) is 0. The zero-order valence-corrected chi connectivity index (χ0v) is 12.1. The van der Waals surface area contributed by atoms with E-state index >= 15 is 0 Å². The van der Waals surface area contributed by atoms with E-state index < -0.39 is 30.4 Å². The third kappa shape index (κ3) is 4.39. The summed E-state index contributed by atoms with van der Waals surface area (Å²) in [5.74, 6) is -13.4. The maximum Gasteiger partial charge on any atom is 0.460 e. The standard InChI is InChI=1S/C15H15F7O/c1-2-23-12(10-6-9-11-7-4-3-5-8-11)13(16,17)14(18,19)15(20,21)22/h3-5,7-8,10H,2,6,9H2,1H3/b12-10-. The first-order valence-electron chi connectivity index (χ1n) is 6.73. The Labute approximate surface area is 128 Å². The fraction of sp³-hybridized carbons (Fsp3) is 0.467. The van der Waals surface area contributed by atoms with E-state index in [0.717, 1.165) is 5.56 Å². The van der Waals surface area contributed by atoms with E-state index in [1.165, 1.54) is 6.92 Å². The Bertz CT molecular complexity index is 520. The smallest absolute Gasteiger partial charge is 0.460 e. The van der Waals surface area contributed by atoms with Gasteiger partial charge in [0, 0.05) is 0 Å². The highest BCUT2D eigenvalue weighted by Gasteiger charge is 2.75. The van der Waals surface area contributed by atoms with Gasteiger partial charge in [-0.2, -0.15) is 30.7 Å². The van der Waals surface area contributed by atoms with Crippen LogP contribution in [0.15, 0.2) is 42.2 Å². The minimum absolute atomic E-state index is 0.164. The lowest BCUT2D eigenvalue weighted by Gasteiger charge is -2.29. The largest absolute Gasteiger partial charge is 0.492 e. The number of halogens is 7. The summed E-state index contributed by atoms with van der Waals surface area (Å²) in [6.07, 6.45) is -5.77. The van der Waals surface area contributed by atoms with Crippen LogP contribution >= 0.6 is 0 Å². The molecule has 0 aliphatic carbocycles. The molecule has 0 N–H and O–H groups in total. The molecule has 0 atom stereocenters. The Balaban J connectivity index is 2.97. The molecule has 0 aliphatic rings.